The van der Waals surface area contributed by atoms with Crippen LogP contribution in [0.1, 0.15) is 26.3 Å². The molecule has 0 fully saturated rings. The zero-order valence-electron chi connectivity index (χ0n) is 17.4. The van der Waals surface area contributed by atoms with Crippen LogP contribution in [-0.2, 0) is 16.1 Å². The van der Waals surface area contributed by atoms with E-state index in [9.17, 15) is 9.59 Å². The number of nitrogens with zero attached hydrogens (tertiary/aromatic N) is 1. The average Bonchev–Trinajstić information content (AvgIpc) is 2.70. The number of methoxy groups -OCH3 is 1. The molecule has 0 bridgehead atoms. The van der Waals surface area contributed by atoms with Gasteiger partial charge in [-0.3, -0.25) is 9.59 Å². The molecule has 0 saturated heterocycles. The van der Waals surface area contributed by atoms with E-state index < -0.39 is 6.04 Å². The molecule has 0 aliphatic rings. The molecule has 0 aliphatic heterocycles. The van der Waals surface area contributed by atoms with Crippen molar-refractivity contribution in [3.8, 4) is 11.5 Å². The van der Waals surface area contributed by atoms with Gasteiger partial charge in [0.25, 0.3) is 5.91 Å². The molecule has 162 valence electrons. The Morgan fingerprint density at radius 2 is 1.73 bits per heavy atom. The summed E-state index contributed by atoms with van der Waals surface area (Å²) in [7, 11) is 1.52. The largest absolute Gasteiger partial charge is 0.493 e. The van der Waals surface area contributed by atoms with Gasteiger partial charge in [0.2, 0.25) is 5.91 Å². The van der Waals surface area contributed by atoms with E-state index in [1.54, 1.807) is 49.4 Å². The number of hydrogen-bond acceptors (Lipinski definition) is 4. The van der Waals surface area contributed by atoms with Crippen molar-refractivity contribution >= 4 is 35.0 Å². The van der Waals surface area contributed by atoms with Crippen molar-refractivity contribution in [2.75, 3.05) is 13.7 Å². The van der Waals surface area contributed by atoms with Crippen LogP contribution in [-0.4, -0.2) is 42.5 Å². The molecule has 8 heteroatoms. The summed E-state index contributed by atoms with van der Waals surface area (Å²) in [6, 6.07) is 11.3. The summed E-state index contributed by atoms with van der Waals surface area (Å²) in [5.41, 5.74) is 0.677. The van der Waals surface area contributed by atoms with Gasteiger partial charge in [0, 0.05) is 22.6 Å². The first kappa shape index (κ1) is 23.8. The highest BCUT2D eigenvalue weighted by Gasteiger charge is 2.27. The third-order valence-electron chi connectivity index (χ3n) is 4.37. The van der Waals surface area contributed by atoms with E-state index in [2.05, 4.69) is 5.32 Å². The standard InChI is InChI=1S/C22H26Cl2N2O4/c1-14(2)25-22(28)15(3)26(12-16-9-10-17(23)11-18(16)24)21(27)13-30-20-8-6-5-7-19(20)29-4/h5-11,14-15H,12-13H2,1-4H3,(H,25,28)/t15-/m0/s1. The molecule has 2 aromatic carbocycles. The minimum absolute atomic E-state index is 0.0548. The Labute approximate surface area is 187 Å². The lowest BCUT2D eigenvalue weighted by Crippen LogP contribution is -2.50. The summed E-state index contributed by atoms with van der Waals surface area (Å²) in [5, 5.41) is 3.74. The number of carbonyl (C=O) groups is 2. The van der Waals surface area contributed by atoms with E-state index in [0.717, 1.165) is 0 Å². The number of hydrogen-bond donors (Lipinski definition) is 1. The van der Waals surface area contributed by atoms with Crippen LogP contribution in [0.5, 0.6) is 11.5 Å². The maximum absolute atomic E-state index is 13.0. The van der Waals surface area contributed by atoms with Gasteiger partial charge in [-0.25, -0.2) is 0 Å². The Morgan fingerprint density at radius 1 is 1.07 bits per heavy atom. The number of carbonyl (C=O) groups excluding carboxylic acids is 2. The van der Waals surface area contributed by atoms with Gasteiger partial charge in [-0.1, -0.05) is 41.4 Å². The summed E-state index contributed by atoms with van der Waals surface area (Å²) >= 11 is 12.3. The van der Waals surface area contributed by atoms with Crippen molar-refractivity contribution in [3.63, 3.8) is 0 Å². The van der Waals surface area contributed by atoms with Crippen LogP contribution in [0.2, 0.25) is 10.0 Å². The van der Waals surface area contributed by atoms with E-state index in [4.69, 9.17) is 32.7 Å². The molecule has 0 heterocycles. The van der Waals surface area contributed by atoms with E-state index in [1.165, 1.54) is 12.0 Å². The third kappa shape index (κ3) is 6.54. The SMILES string of the molecule is COc1ccccc1OCC(=O)N(Cc1ccc(Cl)cc1Cl)[C@@H](C)C(=O)NC(C)C. The molecule has 0 radical (unpaired) electrons. The van der Waals surface area contributed by atoms with Crippen molar-refractivity contribution in [2.45, 2.75) is 39.4 Å². The van der Waals surface area contributed by atoms with E-state index >= 15 is 0 Å². The summed E-state index contributed by atoms with van der Waals surface area (Å²) in [6.07, 6.45) is 0. The normalized spacial score (nSPS) is 11.7. The number of para-hydroxylation sites is 2. The number of amides is 2. The monoisotopic (exact) mass is 452 g/mol. The predicted octanol–water partition coefficient (Wildman–Crippen LogP) is 4.32. The molecule has 2 rings (SSSR count). The van der Waals surface area contributed by atoms with Gasteiger partial charge >= 0.3 is 0 Å². The van der Waals surface area contributed by atoms with Crippen molar-refractivity contribution in [2.24, 2.45) is 0 Å². The molecule has 0 spiro atoms. The Hall–Kier alpha value is -2.44. The van der Waals surface area contributed by atoms with Crippen LogP contribution >= 0.6 is 23.2 Å². The van der Waals surface area contributed by atoms with Crippen LogP contribution in [0.25, 0.3) is 0 Å². The van der Waals surface area contributed by atoms with Gasteiger partial charge in [-0.2, -0.15) is 0 Å². The fraction of sp³-hybridized carbons (Fsp3) is 0.364. The maximum atomic E-state index is 13.0. The lowest BCUT2D eigenvalue weighted by atomic mass is 10.1. The fourth-order valence-electron chi connectivity index (χ4n) is 2.78. The Bertz CT molecular complexity index is 889. The second-order valence-corrected chi connectivity index (χ2v) is 7.88. The maximum Gasteiger partial charge on any atom is 0.261 e. The van der Waals surface area contributed by atoms with Gasteiger partial charge in [0.15, 0.2) is 18.1 Å². The van der Waals surface area contributed by atoms with Gasteiger partial charge in [-0.15, -0.1) is 0 Å². The highest BCUT2D eigenvalue weighted by atomic mass is 35.5. The van der Waals surface area contributed by atoms with Gasteiger partial charge in [0.05, 0.1) is 7.11 Å². The predicted molar refractivity (Wildman–Crippen MR) is 118 cm³/mol. The van der Waals surface area contributed by atoms with Gasteiger partial charge in [-0.05, 0) is 50.6 Å². The summed E-state index contributed by atoms with van der Waals surface area (Å²) in [5.74, 6) is 0.333. The Kier molecular flexibility index (Phi) is 8.81. The Morgan fingerprint density at radius 3 is 2.33 bits per heavy atom. The summed E-state index contributed by atoms with van der Waals surface area (Å²) < 4.78 is 10.9. The van der Waals surface area contributed by atoms with Crippen molar-refractivity contribution in [3.05, 3.63) is 58.1 Å². The van der Waals surface area contributed by atoms with Crippen molar-refractivity contribution in [1.29, 1.82) is 0 Å². The van der Waals surface area contributed by atoms with Crippen LogP contribution in [0.3, 0.4) is 0 Å². The summed E-state index contributed by atoms with van der Waals surface area (Å²) in [6.45, 7) is 5.26. The summed E-state index contributed by atoms with van der Waals surface area (Å²) in [4.78, 5) is 27.1. The second kappa shape index (κ2) is 11.1. The number of halogens is 2. The van der Waals surface area contributed by atoms with Crippen LogP contribution in [0.4, 0.5) is 0 Å². The molecule has 0 saturated carbocycles. The average molecular weight is 453 g/mol. The van der Waals surface area contributed by atoms with E-state index in [0.29, 0.717) is 27.1 Å². The van der Waals surface area contributed by atoms with Crippen molar-refractivity contribution < 1.29 is 19.1 Å². The van der Waals surface area contributed by atoms with Gasteiger partial charge in [0.1, 0.15) is 6.04 Å². The molecular formula is C22H26Cl2N2O4. The van der Waals surface area contributed by atoms with Crippen LogP contribution < -0.4 is 14.8 Å². The molecule has 0 aliphatic carbocycles. The highest BCUT2D eigenvalue weighted by Crippen LogP contribution is 2.26. The number of benzene rings is 2. The molecule has 6 nitrogen and oxygen atoms in total. The molecule has 1 atom stereocenters. The lowest BCUT2D eigenvalue weighted by molar-refractivity contribution is -0.142. The van der Waals surface area contributed by atoms with Gasteiger partial charge < -0.3 is 19.7 Å². The zero-order valence-corrected chi connectivity index (χ0v) is 19.0. The van der Waals surface area contributed by atoms with E-state index in [-0.39, 0.29) is 31.0 Å². The Balaban J connectivity index is 2.22. The minimum atomic E-state index is -0.729. The topological polar surface area (TPSA) is 67.9 Å². The quantitative estimate of drug-likeness (QED) is 0.614. The molecule has 0 unspecified atom stereocenters. The molecule has 2 aromatic rings. The molecule has 1 N–H and O–H groups in total. The number of ether oxygens (including phenoxy) is 2. The second-order valence-electron chi connectivity index (χ2n) is 7.04. The van der Waals surface area contributed by atoms with Crippen LogP contribution in [0.15, 0.2) is 42.5 Å². The smallest absolute Gasteiger partial charge is 0.261 e. The molecule has 0 aromatic heterocycles. The first-order chi connectivity index (χ1) is 14.2. The lowest BCUT2D eigenvalue weighted by Gasteiger charge is -2.29. The van der Waals surface area contributed by atoms with E-state index in [1.807, 2.05) is 13.8 Å². The molecule has 30 heavy (non-hydrogen) atoms. The number of nitrogens with one attached hydrogen (secondary N) is 1. The third-order valence-corrected chi connectivity index (χ3v) is 4.96. The first-order valence-electron chi connectivity index (χ1n) is 9.52. The zero-order chi connectivity index (χ0) is 22.3. The van der Waals surface area contributed by atoms with Crippen LogP contribution in [0, 0.1) is 0 Å². The first-order valence-corrected chi connectivity index (χ1v) is 10.3. The van der Waals surface area contributed by atoms with Crippen molar-refractivity contribution in [1.82, 2.24) is 10.2 Å². The number of rotatable bonds is 9. The fourth-order valence-corrected chi connectivity index (χ4v) is 3.25. The molecular weight excluding hydrogens is 427 g/mol. The highest BCUT2D eigenvalue weighted by molar-refractivity contribution is 6.35. The molecule has 2 amide bonds. The minimum Gasteiger partial charge on any atom is -0.493 e.